The van der Waals surface area contributed by atoms with Gasteiger partial charge in [0.05, 0.1) is 6.10 Å². The molecule has 0 spiro atoms. The molecular formula is C17H25N3O. The van der Waals surface area contributed by atoms with Crippen molar-refractivity contribution < 1.29 is 4.74 Å². The molecule has 0 radical (unpaired) electrons. The molecule has 0 fully saturated rings. The first-order valence-corrected chi connectivity index (χ1v) is 7.57. The Labute approximate surface area is 127 Å². The molecule has 1 aromatic carbocycles. The Morgan fingerprint density at radius 2 is 1.76 bits per heavy atom. The number of aromatic nitrogens is 2. The fourth-order valence-electron chi connectivity index (χ4n) is 2.43. The van der Waals surface area contributed by atoms with Gasteiger partial charge in [-0.2, -0.15) is 0 Å². The van der Waals surface area contributed by atoms with E-state index in [1.165, 1.54) is 0 Å². The molecule has 0 atom stereocenters. The number of hydrogen-bond acceptors (Lipinski definition) is 3. The van der Waals surface area contributed by atoms with Gasteiger partial charge in [0.2, 0.25) is 0 Å². The average Bonchev–Trinajstić information content (AvgIpc) is 2.76. The van der Waals surface area contributed by atoms with Crippen LogP contribution in [0.25, 0.3) is 11.3 Å². The first-order chi connectivity index (χ1) is 9.93. The summed E-state index contributed by atoms with van der Waals surface area (Å²) in [5.74, 6) is 2.99. The third-order valence-electron chi connectivity index (χ3n) is 3.37. The Bertz CT molecular complexity index is 597. The van der Waals surface area contributed by atoms with Gasteiger partial charge in [-0.05, 0) is 45.0 Å². The molecule has 1 aromatic heterocycles. The molecule has 1 heterocycles. The van der Waals surface area contributed by atoms with Crippen LogP contribution in [0.1, 0.15) is 46.4 Å². The third kappa shape index (κ3) is 3.20. The maximum absolute atomic E-state index is 6.27. The van der Waals surface area contributed by atoms with Crippen molar-refractivity contribution >= 4 is 5.82 Å². The Morgan fingerprint density at radius 1 is 1.14 bits per heavy atom. The molecule has 0 amide bonds. The van der Waals surface area contributed by atoms with Gasteiger partial charge in [0.1, 0.15) is 23.1 Å². The van der Waals surface area contributed by atoms with E-state index in [4.69, 9.17) is 15.5 Å². The van der Waals surface area contributed by atoms with Crippen LogP contribution in [-0.2, 0) is 6.54 Å². The van der Waals surface area contributed by atoms with Crippen molar-refractivity contribution in [1.29, 1.82) is 0 Å². The zero-order chi connectivity index (χ0) is 15.6. The number of benzene rings is 1. The average molecular weight is 287 g/mol. The Morgan fingerprint density at radius 3 is 2.19 bits per heavy atom. The molecular weight excluding hydrogens is 262 g/mol. The van der Waals surface area contributed by atoms with Crippen molar-refractivity contribution in [2.24, 2.45) is 0 Å². The zero-order valence-corrected chi connectivity index (χ0v) is 13.6. The van der Waals surface area contributed by atoms with E-state index >= 15 is 0 Å². The predicted octanol–water partition coefficient (Wildman–Crippen LogP) is 4.06. The molecule has 0 bridgehead atoms. The first kappa shape index (κ1) is 15.4. The van der Waals surface area contributed by atoms with E-state index in [1.54, 1.807) is 0 Å². The molecule has 0 saturated carbocycles. The molecule has 0 aliphatic carbocycles. The highest BCUT2D eigenvalue weighted by Gasteiger charge is 2.17. The van der Waals surface area contributed by atoms with Crippen molar-refractivity contribution in [2.75, 3.05) is 5.73 Å². The standard InChI is InChI=1S/C17H25N3O/c1-6-20-16(18)15(19-17(20)11(2)3)13-7-9-14(10-8-13)21-12(4)5/h7-12H,6,18H2,1-5H3. The van der Waals surface area contributed by atoms with E-state index in [0.29, 0.717) is 5.92 Å². The van der Waals surface area contributed by atoms with E-state index in [9.17, 15) is 0 Å². The summed E-state index contributed by atoms with van der Waals surface area (Å²) in [5, 5.41) is 0. The Kier molecular flexibility index (Phi) is 4.56. The normalized spacial score (nSPS) is 11.4. The van der Waals surface area contributed by atoms with Gasteiger partial charge >= 0.3 is 0 Å². The summed E-state index contributed by atoms with van der Waals surface area (Å²) in [4.78, 5) is 4.74. The second-order valence-corrected chi connectivity index (χ2v) is 5.79. The summed E-state index contributed by atoms with van der Waals surface area (Å²) in [6.07, 6.45) is 0.174. The van der Waals surface area contributed by atoms with Crippen LogP contribution >= 0.6 is 0 Å². The highest BCUT2D eigenvalue weighted by molar-refractivity contribution is 5.71. The van der Waals surface area contributed by atoms with Crippen LogP contribution in [0.5, 0.6) is 5.75 Å². The second-order valence-electron chi connectivity index (χ2n) is 5.79. The number of nitrogens with two attached hydrogens (primary N) is 1. The molecule has 21 heavy (non-hydrogen) atoms. The number of anilines is 1. The minimum atomic E-state index is 0.174. The second kappa shape index (κ2) is 6.20. The lowest BCUT2D eigenvalue weighted by molar-refractivity contribution is 0.242. The maximum Gasteiger partial charge on any atom is 0.131 e. The van der Waals surface area contributed by atoms with E-state index in [-0.39, 0.29) is 6.10 Å². The summed E-state index contributed by atoms with van der Waals surface area (Å²) in [6, 6.07) is 7.96. The van der Waals surface area contributed by atoms with Crippen LogP contribution in [0.4, 0.5) is 5.82 Å². The molecule has 0 saturated heterocycles. The van der Waals surface area contributed by atoms with Gasteiger partial charge in [-0.25, -0.2) is 4.98 Å². The number of nitrogen functional groups attached to an aromatic ring is 1. The minimum absolute atomic E-state index is 0.174. The van der Waals surface area contributed by atoms with Crippen LogP contribution in [0, 0.1) is 0 Å². The van der Waals surface area contributed by atoms with Crippen LogP contribution < -0.4 is 10.5 Å². The van der Waals surface area contributed by atoms with E-state index in [0.717, 1.165) is 35.2 Å². The SMILES string of the molecule is CCn1c(C(C)C)nc(-c2ccc(OC(C)C)cc2)c1N. The molecule has 4 heteroatoms. The number of imidazole rings is 1. The molecule has 2 N–H and O–H groups in total. The highest BCUT2D eigenvalue weighted by atomic mass is 16.5. The fourth-order valence-corrected chi connectivity index (χ4v) is 2.43. The Hall–Kier alpha value is -1.97. The zero-order valence-electron chi connectivity index (χ0n) is 13.6. The number of hydrogen-bond donors (Lipinski definition) is 1. The predicted molar refractivity (Wildman–Crippen MR) is 87.6 cm³/mol. The molecule has 114 valence electrons. The summed E-state index contributed by atoms with van der Waals surface area (Å²) in [7, 11) is 0. The van der Waals surface area contributed by atoms with E-state index in [2.05, 4.69) is 25.3 Å². The minimum Gasteiger partial charge on any atom is -0.491 e. The molecule has 0 unspecified atom stereocenters. The van der Waals surface area contributed by atoms with E-state index < -0.39 is 0 Å². The molecule has 2 rings (SSSR count). The van der Waals surface area contributed by atoms with Crippen molar-refractivity contribution in [2.45, 2.75) is 53.2 Å². The summed E-state index contributed by atoms with van der Waals surface area (Å²) >= 11 is 0. The largest absolute Gasteiger partial charge is 0.491 e. The van der Waals surface area contributed by atoms with Crippen molar-refractivity contribution in [3.05, 3.63) is 30.1 Å². The molecule has 0 aliphatic rings. The van der Waals surface area contributed by atoms with Gasteiger partial charge in [-0.1, -0.05) is 13.8 Å². The first-order valence-electron chi connectivity index (χ1n) is 7.57. The third-order valence-corrected chi connectivity index (χ3v) is 3.37. The van der Waals surface area contributed by atoms with Gasteiger partial charge < -0.3 is 15.0 Å². The monoisotopic (exact) mass is 287 g/mol. The summed E-state index contributed by atoms with van der Waals surface area (Å²) < 4.78 is 7.75. The van der Waals surface area contributed by atoms with Gasteiger partial charge in [0.25, 0.3) is 0 Å². The summed E-state index contributed by atoms with van der Waals surface area (Å²) in [5.41, 5.74) is 8.16. The smallest absolute Gasteiger partial charge is 0.131 e. The van der Waals surface area contributed by atoms with Gasteiger partial charge in [0.15, 0.2) is 0 Å². The topological polar surface area (TPSA) is 53.1 Å². The van der Waals surface area contributed by atoms with Crippen molar-refractivity contribution in [3.63, 3.8) is 0 Å². The van der Waals surface area contributed by atoms with Crippen LogP contribution in [0.2, 0.25) is 0 Å². The molecule has 2 aromatic rings. The fraction of sp³-hybridized carbons (Fsp3) is 0.471. The number of nitrogens with zero attached hydrogens (tertiary/aromatic N) is 2. The van der Waals surface area contributed by atoms with Crippen LogP contribution in [0.15, 0.2) is 24.3 Å². The van der Waals surface area contributed by atoms with Crippen molar-refractivity contribution in [1.82, 2.24) is 9.55 Å². The van der Waals surface area contributed by atoms with E-state index in [1.807, 2.05) is 38.1 Å². The Balaban J connectivity index is 2.38. The van der Waals surface area contributed by atoms with Crippen LogP contribution in [0.3, 0.4) is 0 Å². The maximum atomic E-state index is 6.27. The van der Waals surface area contributed by atoms with Gasteiger partial charge in [0, 0.05) is 18.0 Å². The van der Waals surface area contributed by atoms with Gasteiger partial charge in [-0.3, -0.25) is 0 Å². The van der Waals surface area contributed by atoms with Crippen molar-refractivity contribution in [3.8, 4) is 17.0 Å². The molecule has 0 aliphatic heterocycles. The highest BCUT2D eigenvalue weighted by Crippen LogP contribution is 2.30. The van der Waals surface area contributed by atoms with Crippen LogP contribution in [-0.4, -0.2) is 15.7 Å². The summed E-state index contributed by atoms with van der Waals surface area (Å²) in [6.45, 7) is 11.2. The number of rotatable bonds is 5. The molecule has 4 nitrogen and oxygen atoms in total. The lowest BCUT2D eigenvalue weighted by Crippen LogP contribution is -2.06. The van der Waals surface area contributed by atoms with Gasteiger partial charge in [-0.15, -0.1) is 0 Å². The lowest BCUT2D eigenvalue weighted by Gasteiger charge is -2.10. The number of ether oxygens (including phenoxy) is 1. The lowest BCUT2D eigenvalue weighted by atomic mass is 10.1. The quantitative estimate of drug-likeness (QED) is 0.902.